The molecule has 2 fully saturated rings. The first-order chi connectivity index (χ1) is 14.3. The van der Waals surface area contributed by atoms with Crippen LogP contribution >= 0.6 is 0 Å². The monoisotopic (exact) mass is 420 g/mol. The molecular formula is C21H26F2N4O3. The second-order valence-electron chi connectivity index (χ2n) is 8.23. The van der Waals surface area contributed by atoms with Crippen LogP contribution in [0.5, 0.6) is 0 Å². The number of fused-ring (bicyclic) bond motifs is 1. The molecule has 3 amide bonds. The Hall–Kier alpha value is -2.39. The lowest BCUT2D eigenvalue weighted by Crippen LogP contribution is -2.52. The van der Waals surface area contributed by atoms with E-state index in [1.165, 1.54) is 4.90 Å². The van der Waals surface area contributed by atoms with Crippen LogP contribution in [0, 0.1) is 0 Å². The van der Waals surface area contributed by atoms with Crippen LogP contribution in [0.4, 0.5) is 8.78 Å². The number of carbonyl (C=O) groups excluding carboxylic acids is 3. The third-order valence-electron chi connectivity index (χ3n) is 6.14. The van der Waals surface area contributed by atoms with Crippen LogP contribution in [0.2, 0.25) is 0 Å². The van der Waals surface area contributed by atoms with E-state index in [0.29, 0.717) is 37.9 Å². The number of nitrogens with zero attached hydrogens (tertiary/aromatic N) is 1. The predicted octanol–water partition coefficient (Wildman–Crippen LogP) is 1.31. The highest BCUT2D eigenvalue weighted by Gasteiger charge is 2.40. The molecule has 3 N–H and O–H groups in total. The van der Waals surface area contributed by atoms with E-state index in [2.05, 4.69) is 16.0 Å². The molecule has 162 valence electrons. The van der Waals surface area contributed by atoms with Crippen molar-refractivity contribution in [3.63, 3.8) is 0 Å². The summed E-state index contributed by atoms with van der Waals surface area (Å²) in [5.74, 6) is -3.82. The first-order valence-corrected chi connectivity index (χ1v) is 10.4. The Balaban J connectivity index is 1.43. The van der Waals surface area contributed by atoms with E-state index in [9.17, 15) is 23.2 Å². The van der Waals surface area contributed by atoms with Crippen molar-refractivity contribution >= 4 is 17.7 Å². The summed E-state index contributed by atoms with van der Waals surface area (Å²) >= 11 is 0. The van der Waals surface area contributed by atoms with Crippen molar-refractivity contribution in [3.8, 4) is 0 Å². The molecule has 2 unspecified atom stereocenters. The fraction of sp³-hybridized carbons (Fsp3) is 0.571. The number of nitrogens with one attached hydrogen (secondary N) is 3. The van der Waals surface area contributed by atoms with E-state index in [-0.39, 0.29) is 31.2 Å². The standard InChI is InChI=1S/C21H26F2N4O3/c22-21(23)7-9-24-8-1-2-17(21)25-11-13-3-4-14-12-27(20(30)15(14)10-13)16-5-6-18(28)26-19(16)29/h3-4,10,16-17,24-25H,1-2,5-9,11-12H2,(H,26,28,29). The molecule has 0 aliphatic carbocycles. The van der Waals surface area contributed by atoms with Crippen LogP contribution in [0.1, 0.15) is 53.6 Å². The summed E-state index contributed by atoms with van der Waals surface area (Å²) < 4.78 is 28.8. The second kappa shape index (κ2) is 8.39. The Labute approximate surface area is 173 Å². The highest BCUT2D eigenvalue weighted by molar-refractivity contribution is 6.05. The molecule has 3 heterocycles. The van der Waals surface area contributed by atoms with Crippen LogP contribution in [0.3, 0.4) is 0 Å². The van der Waals surface area contributed by atoms with Crippen LogP contribution in [-0.4, -0.2) is 53.7 Å². The summed E-state index contributed by atoms with van der Waals surface area (Å²) in [6, 6.07) is 3.81. The predicted molar refractivity (Wildman–Crippen MR) is 105 cm³/mol. The number of imide groups is 1. The molecule has 3 aliphatic rings. The highest BCUT2D eigenvalue weighted by atomic mass is 19.3. The van der Waals surface area contributed by atoms with Crippen molar-refractivity contribution in [3.05, 3.63) is 34.9 Å². The van der Waals surface area contributed by atoms with Crippen molar-refractivity contribution in [1.29, 1.82) is 0 Å². The minimum Gasteiger partial charge on any atom is -0.322 e. The first-order valence-electron chi connectivity index (χ1n) is 10.4. The number of carbonyl (C=O) groups is 3. The Morgan fingerprint density at radius 2 is 2.00 bits per heavy atom. The summed E-state index contributed by atoms with van der Waals surface area (Å²) in [6.45, 7) is 1.58. The van der Waals surface area contributed by atoms with Crippen molar-refractivity contribution in [2.75, 3.05) is 13.1 Å². The molecule has 2 atom stereocenters. The zero-order valence-electron chi connectivity index (χ0n) is 16.7. The van der Waals surface area contributed by atoms with Gasteiger partial charge in [-0.3, -0.25) is 19.7 Å². The van der Waals surface area contributed by atoms with Gasteiger partial charge in [0, 0.05) is 38.0 Å². The van der Waals surface area contributed by atoms with Gasteiger partial charge in [0.15, 0.2) is 0 Å². The molecule has 3 aliphatic heterocycles. The van der Waals surface area contributed by atoms with Gasteiger partial charge >= 0.3 is 0 Å². The van der Waals surface area contributed by atoms with Gasteiger partial charge in [0.05, 0.1) is 6.04 Å². The maximum atomic E-state index is 14.4. The number of benzene rings is 1. The van der Waals surface area contributed by atoms with Gasteiger partial charge in [0.1, 0.15) is 6.04 Å². The molecule has 4 rings (SSSR count). The third-order valence-corrected chi connectivity index (χ3v) is 6.14. The van der Waals surface area contributed by atoms with E-state index in [1.807, 2.05) is 12.1 Å². The molecule has 0 aromatic heterocycles. The van der Waals surface area contributed by atoms with Gasteiger partial charge < -0.3 is 15.5 Å². The number of halogens is 2. The zero-order chi connectivity index (χ0) is 21.3. The maximum Gasteiger partial charge on any atom is 0.264 e. The Morgan fingerprint density at radius 3 is 2.80 bits per heavy atom. The number of piperidine rings is 1. The van der Waals surface area contributed by atoms with E-state index in [0.717, 1.165) is 17.7 Å². The smallest absolute Gasteiger partial charge is 0.264 e. The topological polar surface area (TPSA) is 90.5 Å². The highest BCUT2D eigenvalue weighted by Crippen LogP contribution is 2.29. The van der Waals surface area contributed by atoms with Crippen molar-refractivity contribution in [1.82, 2.24) is 20.9 Å². The zero-order valence-corrected chi connectivity index (χ0v) is 16.7. The molecule has 2 saturated heterocycles. The lowest BCUT2D eigenvalue weighted by Gasteiger charge is -2.30. The lowest BCUT2D eigenvalue weighted by molar-refractivity contribution is -0.136. The SMILES string of the molecule is O=C1CCC(N2Cc3ccc(CNC4CCCNCCC4(F)F)cc3C2=O)C(=O)N1. The molecular weight excluding hydrogens is 394 g/mol. The molecule has 9 heteroatoms. The van der Waals surface area contributed by atoms with Gasteiger partial charge in [-0.1, -0.05) is 12.1 Å². The number of rotatable bonds is 4. The van der Waals surface area contributed by atoms with E-state index in [1.54, 1.807) is 6.07 Å². The Morgan fingerprint density at radius 1 is 1.17 bits per heavy atom. The third kappa shape index (κ3) is 4.22. The van der Waals surface area contributed by atoms with Gasteiger partial charge in [-0.15, -0.1) is 0 Å². The lowest BCUT2D eigenvalue weighted by atomic mass is 9.98. The van der Waals surface area contributed by atoms with Gasteiger partial charge in [-0.05, 0) is 43.0 Å². The largest absolute Gasteiger partial charge is 0.322 e. The summed E-state index contributed by atoms with van der Waals surface area (Å²) in [5, 5.41) is 8.28. The van der Waals surface area contributed by atoms with E-state index in [4.69, 9.17) is 0 Å². The van der Waals surface area contributed by atoms with Crippen molar-refractivity contribution in [2.24, 2.45) is 0 Å². The summed E-state index contributed by atoms with van der Waals surface area (Å²) in [6.07, 6.45) is 1.37. The number of hydrogen-bond acceptors (Lipinski definition) is 5. The van der Waals surface area contributed by atoms with Crippen molar-refractivity contribution in [2.45, 2.75) is 63.2 Å². The number of hydrogen-bond donors (Lipinski definition) is 3. The van der Waals surface area contributed by atoms with Gasteiger partial charge in [-0.2, -0.15) is 0 Å². The molecule has 0 radical (unpaired) electrons. The fourth-order valence-electron chi connectivity index (χ4n) is 4.40. The van der Waals surface area contributed by atoms with E-state index < -0.39 is 23.9 Å². The van der Waals surface area contributed by atoms with Crippen LogP contribution in [0.15, 0.2) is 18.2 Å². The molecule has 7 nitrogen and oxygen atoms in total. The molecule has 0 saturated carbocycles. The number of amides is 3. The minimum atomic E-state index is -2.79. The van der Waals surface area contributed by atoms with Gasteiger partial charge in [0.25, 0.3) is 11.8 Å². The second-order valence-corrected chi connectivity index (χ2v) is 8.23. The van der Waals surface area contributed by atoms with Crippen LogP contribution in [0.25, 0.3) is 0 Å². The quantitative estimate of drug-likeness (QED) is 0.639. The van der Waals surface area contributed by atoms with Gasteiger partial charge in [0.2, 0.25) is 11.8 Å². The molecule has 0 spiro atoms. The first kappa shape index (κ1) is 20.9. The molecule has 0 bridgehead atoms. The van der Waals surface area contributed by atoms with Crippen LogP contribution in [-0.2, 0) is 22.7 Å². The molecule has 1 aromatic carbocycles. The van der Waals surface area contributed by atoms with E-state index >= 15 is 0 Å². The number of alkyl halides is 2. The minimum absolute atomic E-state index is 0.200. The summed E-state index contributed by atoms with van der Waals surface area (Å²) in [5.41, 5.74) is 2.05. The average molecular weight is 420 g/mol. The Bertz CT molecular complexity index is 861. The van der Waals surface area contributed by atoms with Crippen molar-refractivity contribution < 1.29 is 23.2 Å². The van der Waals surface area contributed by atoms with Gasteiger partial charge in [-0.25, -0.2) is 8.78 Å². The maximum absolute atomic E-state index is 14.4. The summed E-state index contributed by atoms with van der Waals surface area (Å²) in [7, 11) is 0. The fourth-order valence-corrected chi connectivity index (χ4v) is 4.40. The average Bonchev–Trinajstić information content (AvgIpc) is 3.01. The van der Waals surface area contributed by atoms with Crippen LogP contribution < -0.4 is 16.0 Å². The molecule has 30 heavy (non-hydrogen) atoms. The molecule has 1 aromatic rings. The summed E-state index contributed by atoms with van der Waals surface area (Å²) in [4.78, 5) is 37.9. The Kier molecular flexibility index (Phi) is 5.84. The normalized spacial score (nSPS) is 26.7.